The van der Waals surface area contributed by atoms with Crippen molar-refractivity contribution in [2.75, 3.05) is 6.54 Å². The molecule has 0 bridgehead atoms. The summed E-state index contributed by atoms with van der Waals surface area (Å²) in [5.41, 5.74) is 2.45. The van der Waals surface area contributed by atoms with Crippen LogP contribution >= 0.6 is 0 Å². The van der Waals surface area contributed by atoms with E-state index in [4.69, 9.17) is 0 Å². The first-order chi connectivity index (χ1) is 10.3. The summed E-state index contributed by atoms with van der Waals surface area (Å²) in [6.07, 6.45) is 7.35. The Hall–Kier alpha value is -1.41. The van der Waals surface area contributed by atoms with Gasteiger partial charge < -0.3 is 5.32 Å². The van der Waals surface area contributed by atoms with Gasteiger partial charge in [-0.25, -0.2) is 0 Å². The maximum absolute atomic E-state index is 4.67. The maximum atomic E-state index is 4.67. The molecule has 0 amide bonds. The van der Waals surface area contributed by atoms with Crippen LogP contribution in [-0.4, -0.2) is 11.5 Å². The first-order valence-electron chi connectivity index (χ1n) is 8.37. The molecule has 1 fully saturated rings. The zero-order chi connectivity index (χ0) is 14.7. The molecule has 1 aliphatic rings. The van der Waals surface area contributed by atoms with E-state index in [1.54, 1.807) is 0 Å². The van der Waals surface area contributed by atoms with Crippen molar-refractivity contribution in [2.45, 2.75) is 45.6 Å². The largest absolute Gasteiger partial charge is 0.310 e. The van der Waals surface area contributed by atoms with Crippen molar-refractivity contribution in [1.29, 1.82) is 0 Å². The average Bonchev–Trinajstić information content (AvgIpc) is 2.94. The van der Waals surface area contributed by atoms with E-state index in [1.165, 1.54) is 36.6 Å². The van der Waals surface area contributed by atoms with Crippen LogP contribution in [0.1, 0.15) is 51.1 Å². The molecule has 21 heavy (non-hydrogen) atoms. The number of nitrogens with zero attached hydrogens (tertiary/aromatic N) is 1. The van der Waals surface area contributed by atoms with Crippen LogP contribution in [0.4, 0.5) is 0 Å². The lowest BCUT2D eigenvalue weighted by Crippen LogP contribution is -2.30. The van der Waals surface area contributed by atoms with Gasteiger partial charge >= 0.3 is 0 Å². The summed E-state index contributed by atoms with van der Waals surface area (Å²) >= 11 is 0. The third kappa shape index (κ3) is 3.11. The average molecular weight is 282 g/mol. The number of fused-ring (bicyclic) bond motifs is 1. The fraction of sp³-hybridized carbons (Fsp3) is 0.526. The lowest BCUT2D eigenvalue weighted by Gasteiger charge is -2.28. The van der Waals surface area contributed by atoms with Crippen molar-refractivity contribution in [2.24, 2.45) is 11.8 Å². The second-order valence-electron chi connectivity index (χ2n) is 6.47. The summed E-state index contributed by atoms with van der Waals surface area (Å²) in [6, 6.07) is 11.2. The number of hydrogen-bond donors (Lipinski definition) is 1. The zero-order valence-corrected chi connectivity index (χ0v) is 13.2. The maximum Gasteiger partial charge on any atom is 0.0702 e. The molecule has 0 spiro atoms. The highest BCUT2D eigenvalue weighted by molar-refractivity contribution is 5.78. The van der Waals surface area contributed by atoms with E-state index in [0.717, 1.165) is 23.9 Å². The van der Waals surface area contributed by atoms with Crippen LogP contribution in [0.2, 0.25) is 0 Å². The lowest BCUT2D eigenvalue weighted by atomic mass is 9.86. The van der Waals surface area contributed by atoms with Crippen molar-refractivity contribution in [3.05, 3.63) is 42.1 Å². The molecule has 2 aromatic rings. The molecule has 2 heteroatoms. The molecular weight excluding hydrogens is 256 g/mol. The van der Waals surface area contributed by atoms with Crippen molar-refractivity contribution in [1.82, 2.24) is 10.3 Å². The molecular formula is C19H26N2. The Morgan fingerprint density at radius 3 is 2.90 bits per heavy atom. The molecule has 2 nitrogen and oxygen atoms in total. The molecule has 1 saturated carbocycles. The molecule has 0 aliphatic heterocycles. The fourth-order valence-corrected chi connectivity index (χ4v) is 3.74. The summed E-state index contributed by atoms with van der Waals surface area (Å²) in [5.74, 6) is 1.56. The Morgan fingerprint density at radius 2 is 2.14 bits per heavy atom. The second kappa shape index (κ2) is 6.57. The Labute approximate surface area is 128 Å². The summed E-state index contributed by atoms with van der Waals surface area (Å²) < 4.78 is 0. The summed E-state index contributed by atoms with van der Waals surface area (Å²) in [6.45, 7) is 5.73. The monoisotopic (exact) mass is 282 g/mol. The Bertz CT molecular complexity index is 593. The van der Waals surface area contributed by atoms with E-state index in [2.05, 4.69) is 60.7 Å². The van der Waals surface area contributed by atoms with E-state index >= 15 is 0 Å². The fourth-order valence-electron chi connectivity index (χ4n) is 3.74. The van der Waals surface area contributed by atoms with Gasteiger partial charge in [-0.15, -0.1) is 0 Å². The van der Waals surface area contributed by atoms with Gasteiger partial charge in [-0.1, -0.05) is 44.9 Å². The topological polar surface area (TPSA) is 24.9 Å². The van der Waals surface area contributed by atoms with E-state index in [9.17, 15) is 0 Å². The number of rotatable bonds is 5. The van der Waals surface area contributed by atoms with Gasteiger partial charge in [-0.3, -0.25) is 4.98 Å². The lowest BCUT2D eigenvalue weighted by molar-refractivity contribution is 0.302. The number of para-hydroxylation sites is 1. The van der Waals surface area contributed by atoms with Gasteiger partial charge in [0.05, 0.1) is 5.52 Å². The highest BCUT2D eigenvalue weighted by Crippen LogP contribution is 2.40. The van der Waals surface area contributed by atoms with Crippen molar-refractivity contribution in [3.8, 4) is 0 Å². The molecule has 1 heterocycles. The third-order valence-corrected chi connectivity index (χ3v) is 4.94. The van der Waals surface area contributed by atoms with Gasteiger partial charge in [0.15, 0.2) is 0 Å². The number of nitrogens with one attached hydrogen (secondary N) is 1. The van der Waals surface area contributed by atoms with E-state index < -0.39 is 0 Å². The number of aromatic nitrogens is 1. The van der Waals surface area contributed by atoms with Crippen LogP contribution in [0, 0.1) is 11.8 Å². The van der Waals surface area contributed by atoms with Crippen LogP contribution in [0.25, 0.3) is 10.9 Å². The van der Waals surface area contributed by atoms with Gasteiger partial charge in [0.2, 0.25) is 0 Å². The first-order valence-corrected chi connectivity index (χ1v) is 8.37. The second-order valence-corrected chi connectivity index (χ2v) is 6.47. The van der Waals surface area contributed by atoms with E-state index in [0.29, 0.717) is 6.04 Å². The Balaban J connectivity index is 1.92. The van der Waals surface area contributed by atoms with Crippen molar-refractivity contribution in [3.63, 3.8) is 0 Å². The van der Waals surface area contributed by atoms with Gasteiger partial charge in [-0.05, 0) is 48.9 Å². The van der Waals surface area contributed by atoms with Crippen LogP contribution in [0.5, 0.6) is 0 Å². The summed E-state index contributed by atoms with van der Waals surface area (Å²) in [7, 11) is 0. The molecule has 1 aromatic carbocycles. The quantitative estimate of drug-likeness (QED) is 0.859. The highest BCUT2D eigenvalue weighted by Gasteiger charge is 2.31. The molecule has 1 N–H and O–H groups in total. The number of hydrogen-bond acceptors (Lipinski definition) is 2. The van der Waals surface area contributed by atoms with Crippen LogP contribution < -0.4 is 5.32 Å². The molecule has 3 rings (SSSR count). The Kier molecular flexibility index (Phi) is 4.54. The van der Waals surface area contributed by atoms with E-state index in [1.807, 2.05) is 0 Å². The van der Waals surface area contributed by atoms with Gasteiger partial charge in [-0.2, -0.15) is 0 Å². The molecule has 1 aliphatic carbocycles. The van der Waals surface area contributed by atoms with Crippen molar-refractivity contribution < 1.29 is 0 Å². The van der Waals surface area contributed by atoms with Crippen molar-refractivity contribution >= 4 is 10.9 Å². The molecule has 112 valence electrons. The van der Waals surface area contributed by atoms with Crippen LogP contribution in [0.3, 0.4) is 0 Å². The minimum Gasteiger partial charge on any atom is -0.310 e. The number of pyridine rings is 1. The highest BCUT2D eigenvalue weighted by atomic mass is 14.9. The van der Waals surface area contributed by atoms with Gasteiger partial charge in [0, 0.05) is 17.6 Å². The standard InChI is InChI=1S/C19H26N2/c1-3-11-20-19(17-9-6-7-14(17)2)16-12-15-8-4-5-10-18(15)21-13-16/h4-5,8,10,12-14,17,19-20H,3,6-7,9,11H2,1-2H3. The van der Waals surface area contributed by atoms with Gasteiger partial charge in [0.25, 0.3) is 0 Å². The molecule has 1 aromatic heterocycles. The summed E-state index contributed by atoms with van der Waals surface area (Å²) in [5, 5.41) is 5.04. The SMILES string of the molecule is CCCNC(c1cnc2ccccc2c1)C1CCCC1C. The number of benzene rings is 1. The molecule has 0 saturated heterocycles. The molecule has 0 radical (unpaired) electrons. The predicted molar refractivity (Wildman–Crippen MR) is 89.3 cm³/mol. The third-order valence-electron chi connectivity index (χ3n) is 4.94. The Morgan fingerprint density at radius 1 is 1.29 bits per heavy atom. The zero-order valence-electron chi connectivity index (χ0n) is 13.2. The minimum absolute atomic E-state index is 0.458. The molecule has 3 unspecified atom stereocenters. The first kappa shape index (κ1) is 14.5. The smallest absolute Gasteiger partial charge is 0.0702 e. The molecule has 3 atom stereocenters. The normalized spacial score (nSPS) is 23.5. The minimum atomic E-state index is 0.458. The predicted octanol–water partition coefficient (Wildman–Crippen LogP) is 4.71. The van der Waals surface area contributed by atoms with Gasteiger partial charge in [0.1, 0.15) is 0 Å². The van der Waals surface area contributed by atoms with Crippen LogP contribution in [-0.2, 0) is 0 Å². The van der Waals surface area contributed by atoms with E-state index in [-0.39, 0.29) is 0 Å². The summed E-state index contributed by atoms with van der Waals surface area (Å²) in [4.78, 5) is 4.67. The van der Waals surface area contributed by atoms with Crippen LogP contribution in [0.15, 0.2) is 36.5 Å².